The Hall–Kier alpha value is -3.42. The number of hydroxylamine groups is 2. The lowest BCUT2D eigenvalue weighted by Crippen LogP contribution is -2.41. The summed E-state index contributed by atoms with van der Waals surface area (Å²) in [6.45, 7) is 4.61. The molecule has 0 saturated carbocycles. The van der Waals surface area contributed by atoms with Gasteiger partial charge in [-0.25, -0.2) is 10.0 Å². The zero-order valence-corrected chi connectivity index (χ0v) is 18.2. The molecule has 1 aromatic heterocycles. The number of benzene rings is 2. The SMILES string of the molecule is Cc1ccc(CN2OCC(NCCNc3ccc(OCc4ccccc4)cn3)C2=O)cc1. The fourth-order valence-corrected chi connectivity index (χ4v) is 3.35. The molecule has 1 aliphatic heterocycles. The van der Waals surface area contributed by atoms with Crippen LogP contribution in [0.5, 0.6) is 5.75 Å². The maximum absolute atomic E-state index is 12.5. The van der Waals surface area contributed by atoms with Crippen LogP contribution < -0.4 is 15.4 Å². The molecular formula is C25H28N4O3. The molecule has 0 bridgehead atoms. The molecule has 166 valence electrons. The molecule has 7 nitrogen and oxygen atoms in total. The number of pyridine rings is 1. The first kappa shape index (κ1) is 21.8. The molecule has 1 amide bonds. The average Bonchev–Trinajstić information content (AvgIpc) is 3.17. The summed E-state index contributed by atoms with van der Waals surface area (Å²) in [7, 11) is 0. The van der Waals surface area contributed by atoms with Crippen molar-refractivity contribution in [3.63, 3.8) is 0 Å². The molecule has 32 heavy (non-hydrogen) atoms. The standard InChI is InChI=1S/C25H28N4O3/c1-19-7-9-20(10-8-19)16-29-25(30)23(18-32-29)26-13-14-27-24-12-11-22(15-28-24)31-17-21-5-3-2-4-6-21/h2-12,15,23,26H,13-14,16-18H2,1H3,(H,27,28). The van der Waals surface area contributed by atoms with Crippen LogP contribution in [0, 0.1) is 6.92 Å². The molecule has 2 N–H and O–H groups in total. The first-order valence-corrected chi connectivity index (χ1v) is 10.8. The Bertz CT molecular complexity index is 994. The minimum Gasteiger partial charge on any atom is -0.487 e. The number of ether oxygens (including phenoxy) is 1. The summed E-state index contributed by atoms with van der Waals surface area (Å²) >= 11 is 0. The predicted octanol–water partition coefficient (Wildman–Crippen LogP) is 3.31. The molecule has 2 heterocycles. The number of hydrogen-bond acceptors (Lipinski definition) is 6. The molecule has 3 aromatic rings. The summed E-state index contributed by atoms with van der Waals surface area (Å²) in [5.41, 5.74) is 3.36. The normalized spacial score (nSPS) is 15.7. The minimum absolute atomic E-state index is 0.0383. The molecule has 1 fully saturated rings. The van der Waals surface area contributed by atoms with E-state index in [-0.39, 0.29) is 11.9 Å². The number of nitrogens with zero attached hydrogens (tertiary/aromatic N) is 2. The van der Waals surface area contributed by atoms with Crippen LogP contribution in [0.4, 0.5) is 5.82 Å². The number of aryl methyl sites for hydroxylation is 1. The van der Waals surface area contributed by atoms with Gasteiger partial charge in [-0.05, 0) is 30.2 Å². The van der Waals surface area contributed by atoms with E-state index in [4.69, 9.17) is 9.57 Å². The molecule has 1 atom stereocenters. The highest BCUT2D eigenvalue weighted by molar-refractivity contribution is 5.82. The largest absolute Gasteiger partial charge is 0.487 e. The van der Waals surface area contributed by atoms with Crippen LogP contribution in [0.2, 0.25) is 0 Å². The Kier molecular flexibility index (Phi) is 7.32. The predicted molar refractivity (Wildman–Crippen MR) is 123 cm³/mol. The highest BCUT2D eigenvalue weighted by Crippen LogP contribution is 2.15. The van der Waals surface area contributed by atoms with E-state index in [0.717, 1.165) is 22.7 Å². The van der Waals surface area contributed by atoms with Gasteiger partial charge in [0, 0.05) is 13.1 Å². The van der Waals surface area contributed by atoms with Crippen molar-refractivity contribution in [1.82, 2.24) is 15.4 Å². The molecular weight excluding hydrogens is 404 g/mol. The Morgan fingerprint density at radius 2 is 1.84 bits per heavy atom. The van der Waals surface area contributed by atoms with Crippen molar-refractivity contribution in [2.75, 3.05) is 25.0 Å². The van der Waals surface area contributed by atoms with Gasteiger partial charge in [0.25, 0.3) is 5.91 Å². The number of amides is 1. The minimum atomic E-state index is -0.330. The summed E-state index contributed by atoms with van der Waals surface area (Å²) in [4.78, 5) is 22.5. The van der Waals surface area contributed by atoms with Crippen molar-refractivity contribution in [3.05, 3.63) is 89.6 Å². The van der Waals surface area contributed by atoms with E-state index >= 15 is 0 Å². The zero-order chi connectivity index (χ0) is 22.2. The van der Waals surface area contributed by atoms with Crippen LogP contribution in [0.3, 0.4) is 0 Å². The molecule has 0 spiro atoms. The van der Waals surface area contributed by atoms with Gasteiger partial charge in [0.05, 0.1) is 19.3 Å². The number of carbonyl (C=O) groups excluding carboxylic acids is 1. The van der Waals surface area contributed by atoms with Gasteiger partial charge in [0.2, 0.25) is 0 Å². The van der Waals surface area contributed by atoms with Crippen LogP contribution in [-0.4, -0.2) is 41.7 Å². The molecule has 1 aliphatic rings. The van der Waals surface area contributed by atoms with Gasteiger partial charge >= 0.3 is 0 Å². The lowest BCUT2D eigenvalue weighted by atomic mass is 10.1. The van der Waals surface area contributed by atoms with E-state index in [2.05, 4.69) is 15.6 Å². The Balaban J connectivity index is 1.15. The van der Waals surface area contributed by atoms with Crippen molar-refractivity contribution in [3.8, 4) is 5.75 Å². The zero-order valence-electron chi connectivity index (χ0n) is 18.2. The third kappa shape index (κ3) is 6.06. The van der Waals surface area contributed by atoms with E-state index in [1.54, 1.807) is 6.20 Å². The van der Waals surface area contributed by atoms with Gasteiger partial charge in [-0.2, -0.15) is 0 Å². The third-order valence-electron chi connectivity index (χ3n) is 5.19. The fraction of sp³-hybridized carbons (Fsp3) is 0.280. The molecule has 1 unspecified atom stereocenters. The second kappa shape index (κ2) is 10.7. The Labute approximate surface area is 188 Å². The second-order valence-electron chi connectivity index (χ2n) is 7.74. The van der Waals surface area contributed by atoms with Crippen molar-refractivity contribution < 1.29 is 14.4 Å². The molecule has 0 aliphatic carbocycles. The van der Waals surface area contributed by atoms with Gasteiger partial charge < -0.3 is 15.4 Å². The number of aromatic nitrogens is 1. The van der Waals surface area contributed by atoms with Crippen LogP contribution >= 0.6 is 0 Å². The number of carbonyl (C=O) groups is 1. The summed E-state index contributed by atoms with van der Waals surface area (Å²) in [6, 6.07) is 21.6. The topological polar surface area (TPSA) is 75.7 Å². The first-order chi connectivity index (χ1) is 15.7. The molecule has 2 aromatic carbocycles. The first-order valence-electron chi connectivity index (χ1n) is 10.8. The van der Waals surface area contributed by atoms with Crippen molar-refractivity contribution >= 4 is 11.7 Å². The average molecular weight is 433 g/mol. The van der Waals surface area contributed by atoms with E-state index in [1.807, 2.05) is 73.7 Å². The summed E-state index contributed by atoms with van der Waals surface area (Å²) in [6.07, 6.45) is 1.70. The molecule has 1 saturated heterocycles. The molecule has 7 heteroatoms. The number of hydrogen-bond donors (Lipinski definition) is 2. The van der Waals surface area contributed by atoms with Crippen LogP contribution in [0.15, 0.2) is 72.9 Å². The van der Waals surface area contributed by atoms with Crippen molar-refractivity contribution in [2.45, 2.75) is 26.1 Å². The van der Waals surface area contributed by atoms with Gasteiger partial charge in [0.1, 0.15) is 24.2 Å². The summed E-state index contributed by atoms with van der Waals surface area (Å²) < 4.78 is 5.75. The van der Waals surface area contributed by atoms with E-state index in [9.17, 15) is 4.79 Å². The van der Waals surface area contributed by atoms with Crippen molar-refractivity contribution in [1.29, 1.82) is 0 Å². The van der Waals surface area contributed by atoms with Crippen molar-refractivity contribution in [2.24, 2.45) is 0 Å². The monoisotopic (exact) mass is 432 g/mol. The summed E-state index contributed by atoms with van der Waals surface area (Å²) in [5, 5.41) is 7.93. The van der Waals surface area contributed by atoms with Crippen LogP contribution in [-0.2, 0) is 22.8 Å². The highest BCUT2D eigenvalue weighted by atomic mass is 16.7. The van der Waals surface area contributed by atoms with Crippen LogP contribution in [0.25, 0.3) is 0 Å². The van der Waals surface area contributed by atoms with Gasteiger partial charge in [-0.15, -0.1) is 0 Å². The Morgan fingerprint density at radius 1 is 1.03 bits per heavy atom. The van der Waals surface area contributed by atoms with Gasteiger partial charge in [-0.3, -0.25) is 9.63 Å². The lowest BCUT2D eigenvalue weighted by Gasteiger charge is -2.15. The highest BCUT2D eigenvalue weighted by Gasteiger charge is 2.32. The molecule has 0 radical (unpaired) electrons. The quantitative estimate of drug-likeness (QED) is 0.479. The number of rotatable bonds is 10. The number of anilines is 1. The van der Waals surface area contributed by atoms with E-state index in [1.165, 1.54) is 10.6 Å². The maximum atomic E-state index is 12.5. The fourth-order valence-electron chi connectivity index (χ4n) is 3.35. The third-order valence-corrected chi connectivity index (χ3v) is 5.19. The second-order valence-corrected chi connectivity index (χ2v) is 7.74. The van der Waals surface area contributed by atoms with Gasteiger partial charge in [-0.1, -0.05) is 60.2 Å². The smallest absolute Gasteiger partial charge is 0.266 e. The summed E-state index contributed by atoms with van der Waals surface area (Å²) in [5.74, 6) is 1.44. The Morgan fingerprint density at radius 3 is 2.59 bits per heavy atom. The maximum Gasteiger partial charge on any atom is 0.266 e. The van der Waals surface area contributed by atoms with Crippen LogP contribution in [0.1, 0.15) is 16.7 Å². The molecule has 4 rings (SSSR count). The lowest BCUT2D eigenvalue weighted by molar-refractivity contribution is -0.164. The van der Waals surface area contributed by atoms with E-state index < -0.39 is 0 Å². The van der Waals surface area contributed by atoms with Gasteiger partial charge in [0.15, 0.2) is 0 Å². The number of nitrogens with one attached hydrogen (secondary N) is 2. The van der Waals surface area contributed by atoms with E-state index in [0.29, 0.717) is 32.8 Å².